The van der Waals surface area contributed by atoms with Gasteiger partial charge in [-0.15, -0.1) is 0 Å². The summed E-state index contributed by atoms with van der Waals surface area (Å²) in [5.74, 6) is 0.443. The van der Waals surface area contributed by atoms with Gasteiger partial charge in [0.05, 0.1) is 6.21 Å². The largest absolute Gasteiger partial charge is 0.314 e. The maximum absolute atomic E-state index is 8.83. The van der Waals surface area contributed by atoms with Gasteiger partial charge in [0, 0.05) is 39.3 Å². The molecule has 22 heavy (non-hydrogen) atoms. The fourth-order valence-corrected chi connectivity index (χ4v) is 2.09. The summed E-state index contributed by atoms with van der Waals surface area (Å²) in [6.07, 6.45) is 3.04. The van der Waals surface area contributed by atoms with Crippen LogP contribution in [0.1, 0.15) is 12.7 Å². The van der Waals surface area contributed by atoms with E-state index in [2.05, 4.69) is 36.8 Å². The lowest BCUT2D eigenvalue weighted by molar-refractivity contribution is 0.262. The van der Waals surface area contributed by atoms with Crippen LogP contribution in [0.5, 0.6) is 0 Å². The van der Waals surface area contributed by atoms with Gasteiger partial charge in [-0.1, -0.05) is 6.58 Å². The van der Waals surface area contributed by atoms with Crippen LogP contribution in [-0.4, -0.2) is 65.3 Å². The number of piperazine rings is 1. The summed E-state index contributed by atoms with van der Waals surface area (Å²) in [6.45, 7) is 11.4. The van der Waals surface area contributed by atoms with E-state index in [0.717, 1.165) is 38.3 Å². The van der Waals surface area contributed by atoms with Crippen LogP contribution < -0.4 is 10.3 Å². The lowest BCUT2D eigenvalue weighted by Gasteiger charge is -2.27. The second kappa shape index (κ2) is 8.17. The minimum atomic E-state index is 0.0818. The molecule has 0 atom stereocenters. The molecule has 2 rings (SSSR count). The van der Waals surface area contributed by atoms with Gasteiger partial charge in [0.15, 0.2) is 0 Å². The number of hydrogen-bond donors (Lipinski definition) is 1. The highest BCUT2D eigenvalue weighted by Crippen LogP contribution is 2.06. The highest BCUT2D eigenvalue weighted by Gasteiger charge is 2.10. The smallest absolute Gasteiger partial charge is 0.250 e. The molecule has 1 aromatic heterocycles. The van der Waals surface area contributed by atoms with Gasteiger partial charge in [-0.2, -0.15) is 20.3 Å². The van der Waals surface area contributed by atoms with Crippen molar-refractivity contribution in [3.63, 3.8) is 0 Å². The predicted molar refractivity (Wildman–Crippen MR) is 84.5 cm³/mol. The molecule has 0 bridgehead atoms. The van der Waals surface area contributed by atoms with Crippen molar-refractivity contribution in [2.24, 2.45) is 5.10 Å². The van der Waals surface area contributed by atoms with Crippen LogP contribution in [0, 0.1) is 11.3 Å². The van der Waals surface area contributed by atoms with Gasteiger partial charge >= 0.3 is 0 Å². The molecule has 8 heteroatoms. The number of nitrogens with zero attached hydrogens (tertiary/aromatic N) is 7. The van der Waals surface area contributed by atoms with Crippen molar-refractivity contribution in [2.75, 3.05) is 44.3 Å². The molecule has 116 valence electrons. The van der Waals surface area contributed by atoms with E-state index >= 15 is 0 Å². The molecule has 2 heterocycles. The Bertz CT molecular complexity index is 570. The molecule has 0 unspecified atom stereocenters. The summed E-state index contributed by atoms with van der Waals surface area (Å²) < 4.78 is 0. The number of hydrazone groups is 1. The van der Waals surface area contributed by atoms with Crippen molar-refractivity contribution in [3.8, 4) is 6.07 Å². The van der Waals surface area contributed by atoms with Gasteiger partial charge in [0.1, 0.15) is 12.4 Å². The first-order chi connectivity index (χ1) is 10.7. The first kappa shape index (κ1) is 16.0. The molecule has 0 spiro atoms. The first-order valence-corrected chi connectivity index (χ1v) is 7.24. The number of anilines is 1. The average Bonchev–Trinajstić information content (AvgIpc) is 2.56. The zero-order valence-electron chi connectivity index (χ0n) is 12.7. The summed E-state index contributed by atoms with van der Waals surface area (Å²) in [7, 11) is 0. The first-order valence-electron chi connectivity index (χ1n) is 7.24. The third-order valence-electron chi connectivity index (χ3n) is 3.21. The lowest BCUT2D eigenvalue weighted by atomic mass is 10.2. The average molecular weight is 300 g/mol. The summed E-state index contributed by atoms with van der Waals surface area (Å²) in [5.41, 5.74) is 0.926. The van der Waals surface area contributed by atoms with Gasteiger partial charge < -0.3 is 5.32 Å². The quantitative estimate of drug-likeness (QED) is 0.584. The zero-order valence-corrected chi connectivity index (χ0v) is 12.7. The highest BCUT2D eigenvalue weighted by atomic mass is 15.5. The van der Waals surface area contributed by atoms with E-state index in [1.165, 1.54) is 6.33 Å². The maximum atomic E-state index is 8.83. The van der Waals surface area contributed by atoms with Crippen LogP contribution in [0.4, 0.5) is 5.95 Å². The molecule has 1 N–H and O–H groups in total. The lowest BCUT2D eigenvalue weighted by Crippen LogP contribution is -2.44. The molecule has 1 aliphatic rings. The van der Waals surface area contributed by atoms with Crippen LogP contribution in [-0.2, 0) is 0 Å². The third kappa shape index (κ3) is 4.58. The Balaban J connectivity index is 1.96. The highest BCUT2D eigenvalue weighted by molar-refractivity contribution is 5.78. The van der Waals surface area contributed by atoms with Gasteiger partial charge in [0.2, 0.25) is 11.8 Å². The SMILES string of the molecule is C=C(/C=N\N(CC)c1ncnc(C#N)n1)CN1CCNCC1. The number of hydrogen-bond acceptors (Lipinski definition) is 8. The predicted octanol–water partition coefficient (Wildman–Crippen LogP) is 0.0168. The number of nitrogens with one attached hydrogen (secondary N) is 1. The van der Waals surface area contributed by atoms with Crippen LogP contribution in [0.25, 0.3) is 0 Å². The Hall–Kier alpha value is -2.37. The second-order valence-electron chi connectivity index (χ2n) is 4.87. The van der Waals surface area contributed by atoms with Crippen molar-refractivity contribution in [1.82, 2.24) is 25.2 Å². The maximum Gasteiger partial charge on any atom is 0.250 e. The Morgan fingerprint density at radius 3 is 3.00 bits per heavy atom. The van der Waals surface area contributed by atoms with E-state index in [-0.39, 0.29) is 5.82 Å². The van der Waals surface area contributed by atoms with Gasteiger partial charge in [-0.3, -0.25) is 4.90 Å². The van der Waals surface area contributed by atoms with Crippen LogP contribution in [0.3, 0.4) is 0 Å². The number of aromatic nitrogens is 3. The monoisotopic (exact) mass is 300 g/mol. The normalized spacial score (nSPS) is 15.6. The van der Waals surface area contributed by atoms with Crippen molar-refractivity contribution >= 4 is 12.2 Å². The molecular formula is C14H20N8. The fraction of sp³-hybridized carbons (Fsp3) is 0.500. The molecule has 0 aliphatic carbocycles. The molecule has 1 aliphatic heterocycles. The second-order valence-corrected chi connectivity index (χ2v) is 4.87. The molecule has 1 aromatic rings. The van der Waals surface area contributed by atoms with Crippen LogP contribution >= 0.6 is 0 Å². The Kier molecular flexibility index (Phi) is 5.94. The summed E-state index contributed by atoms with van der Waals surface area (Å²) in [6, 6.07) is 1.89. The fourth-order valence-electron chi connectivity index (χ4n) is 2.09. The standard InChI is InChI=1S/C14H20N8/c1-3-22(14-18-11-17-13(8-15)20-14)19-9-12(2)10-21-6-4-16-5-7-21/h9,11,16H,2-7,10H2,1H3/b19-9-. The third-order valence-corrected chi connectivity index (χ3v) is 3.21. The summed E-state index contributed by atoms with van der Waals surface area (Å²) >= 11 is 0. The topological polar surface area (TPSA) is 93.3 Å². The Morgan fingerprint density at radius 1 is 1.55 bits per heavy atom. The van der Waals surface area contributed by atoms with Crippen LogP contribution in [0.15, 0.2) is 23.6 Å². The van der Waals surface area contributed by atoms with Crippen molar-refractivity contribution in [2.45, 2.75) is 6.92 Å². The van der Waals surface area contributed by atoms with E-state index < -0.39 is 0 Å². The van der Waals surface area contributed by atoms with Crippen molar-refractivity contribution < 1.29 is 0 Å². The summed E-state index contributed by atoms with van der Waals surface area (Å²) in [5, 5.41) is 18.1. The molecule has 1 saturated heterocycles. The van der Waals surface area contributed by atoms with E-state index in [9.17, 15) is 0 Å². The minimum absolute atomic E-state index is 0.0818. The number of nitriles is 1. The van der Waals surface area contributed by atoms with Gasteiger partial charge in [0.25, 0.3) is 0 Å². The molecule has 1 fully saturated rings. The summed E-state index contributed by atoms with van der Waals surface area (Å²) in [4.78, 5) is 14.2. The van der Waals surface area contributed by atoms with E-state index in [1.54, 1.807) is 11.2 Å². The van der Waals surface area contributed by atoms with E-state index in [4.69, 9.17) is 5.26 Å². The van der Waals surface area contributed by atoms with Crippen LogP contribution in [0.2, 0.25) is 0 Å². The Morgan fingerprint density at radius 2 is 2.32 bits per heavy atom. The molecule has 0 aromatic carbocycles. The minimum Gasteiger partial charge on any atom is -0.314 e. The van der Waals surface area contributed by atoms with Crippen molar-refractivity contribution in [1.29, 1.82) is 5.26 Å². The molecule has 0 radical (unpaired) electrons. The number of rotatable bonds is 6. The molecule has 0 amide bonds. The van der Waals surface area contributed by atoms with Gasteiger partial charge in [-0.25, -0.2) is 9.99 Å². The van der Waals surface area contributed by atoms with E-state index in [1.807, 2.05) is 13.0 Å². The molecule has 0 saturated carbocycles. The van der Waals surface area contributed by atoms with E-state index in [0.29, 0.717) is 12.5 Å². The zero-order chi connectivity index (χ0) is 15.8. The van der Waals surface area contributed by atoms with Gasteiger partial charge in [-0.05, 0) is 12.5 Å². The molecule has 8 nitrogen and oxygen atoms in total. The van der Waals surface area contributed by atoms with Crippen molar-refractivity contribution in [3.05, 3.63) is 24.3 Å². The Labute approximate surface area is 130 Å². The molecular weight excluding hydrogens is 280 g/mol.